The predicted octanol–water partition coefficient (Wildman–Crippen LogP) is 3.00. The van der Waals surface area contributed by atoms with E-state index in [1.54, 1.807) is 12.1 Å². The molecule has 0 aromatic heterocycles. The third-order valence-corrected chi connectivity index (χ3v) is 4.76. The van der Waals surface area contributed by atoms with Gasteiger partial charge >= 0.3 is 0 Å². The van der Waals surface area contributed by atoms with E-state index in [1.807, 2.05) is 12.1 Å². The first-order valence-corrected chi connectivity index (χ1v) is 8.82. The first-order chi connectivity index (χ1) is 9.88. The summed E-state index contributed by atoms with van der Waals surface area (Å²) in [6.07, 6.45) is 1.22. The smallest absolute Gasteiger partial charge is 0.175 e. The largest absolute Gasteiger partial charge is 0.309 e. The zero-order chi connectivity index (χ0) is 15.5. The summed E-state index contributed by atoms with van der Waals surface area (Å²) in [5.41, 5.74) is 4.98. The molecule has 0 atom stereocenters. The number of sulfone groups is 1. The van der Waals surface area contributed by atoms with Crippen molar-refractivity contribution in [2.45, 2.75) is 31.8 Å². The molecule has 0 aliphatic carbocycles. The Balaban J connectivity index is 1.98. The Morgan fingerprint density at radius 2 is 1.48 bits per heavy atom. The molecule has 2 rings (SSSR count). The first-order valence-electron chi connectivity index (χ1n) is 6.93. The Bertz CT molecular complexity index is 699. The highest BCUT2D eigenvalue weighted by Gasteiger charge is 2.06. The van der Waals surface area contributed by atoms with Crippen LogP contribution in [-0.2, 0) is 22.9 Å². The van der Waals surface area contributed by atoms with Crippen molar-refractivity contribution in [1.29, 1.82) is 0 Å². The van der Waals surface area contributed by atoms with Crippen LogP contribution in [0.2, 0.25) is 0 Å². The van der Waals surface area contributed by atoms with E-state index in [-0.39, 0.29) is 0 Å². The van der Waals surface area contributed by atoms with E-state index in [4.69, 9.17) is 0 Å². The molecule has 0 heterocycles. The molecular formula is C17H21NO2S. The van der Waals surface area contributed by atoms with Crippen LogP contribution < -0.4 is 5.32 Å². The molecule has 0 bridgehead atoms. The molecule has 0 aliphatic rings. The Labute approximate surface area is 126 Å². The van der Waals surface area contributed by atoms with Gasteiger partial charge in [-0.3, -0.25) is 0 Å². The zero-order valence-corrected chi connectivity index (χ0v) is 13.5. The van der Waals surface area contributed by atoms with Crippen LogP contribution in [0.15, 0.2) is 47.4 Å². The summed E-state index contributed by atoms with van der Waals surface area (Å²) in [4.78, 5) is 0.362. The average Bonchev–Trinajstić information content (AvgIpc) is 2.42. The van der Waals surface area contributed by atoms with Crippen molar-refractivity contribution in [2.75, 3.05) is 6.26 Å². The van der Waals surface area contributed by atoms with Gasteiger partial charge in [-0.05, 0) is 48.2 Å². The fraction of sp³-hybridized carbons (Fsp3) is 0.294. The van der Waals surface area contributed by atoms with Gasteiger partial charge in [-0.2, -0.15) is 0 Å². The minimum atomic E-state index is -3.11. The molecule has 0 saturated heterocycles. The summed E-state index contributed by atoms with van der Waals surface area (Å²) in [6.45, 7) is 5.76. The molecule has 112 valence electrons. The van der Waals surface area contributed by atoms with Crippen LogP contribution in [-0.4, -0.2) is 14.7 Å². The maximum atomic E-state index is 11.4. The third kappa shape index (κ3) is 4.16. The fourth-order valence-corrected chi connectivity index (χ4v) is 2.94. The summed E-state index contributed by atoms with van der Waals surface area (Å²) in [6, 6.07) is 13.3. The molecule has 1 N–H and O–H groups in total. The fourth-order valence-electron chi connectivity index (χ4n) is 2.31. The lowest BCUT2D eigenvalue weighted by atomic mass is 10.0. The second-order valence-electron chi connectivity index (χ2n) is 5.39. The van der Waals surface area contributed by atoms with Crippen molar-refractivity contribution >= 4 is 9.84 Å². The minimum Gasteiger partial charge on any atom is -0.309 e. The second-order valence-corrected chi connectivity index (χ2v) is 7.41. The molecule has 2 aromatic rings. The SMILES string of the molecule is Cc1cccc(C)c1CNCc1ccc(S(C)(=O)=O)cc1. The lowest BCUT2D eigenvalue weighted by Gasteiger charge is -2.11. The molecule has 4 heteroatoms. The van der Waals surface area contributed by atoms with Crippen molar-refractivity contribution in [3.8, 4) is 0 Å². The van der Waals surface area contributed by atoms with E-state index in [9.17, 15) is 8.42 Å². The first kappa shape index (κ1) is 15.7. The number of hydrogen-bond donors (Lipinski definition) is 1. The molecule has 0 fully saturated rings. The van der Waals surface area contributed by atoms with Crippen LogP contribution in [0.25, 0.3) is 0 Å². The van der Waals surface area contributed by atoms with Crippen molar-refractivity contribution in [1.82, 2.24) is 5.32 Å². The molecule has 0 aliphatic heterocycles. The van der Waals surface area contributed by atoms with Gasteiger partial charge in [0.25, 0.3) is 0 Å². The van der Waals surface area contributed by atoms with Gasteiger partial charge in [-0.15, -0.1) is 0 Å². The van der Waals surface area contributed by atoms with Gasteiger partial charge in [0.2, 0.25) is 0 Å². The van der Waals surface area contributed by atoms with Crippen molar-refractivity contribution in [2.24, 2.45) is 0 Å². The van der Waals surface area contributed by atoms with Crippen molar-refractivity contribution < 1.29 is 8.42 Å². The molecule has 21 heavy (non-hydrogen) atoms. The van der Waals surface area contributed by atoms with E-state index < -0.39 is 9.84 Å². The number of hydrogen-bond acceptors (Lipinski definition) is 3. The van der Waals surface area contributed by atoms with Crippen LogP contribution in [0.3, 0.4) is 0 Å². The van der Waals surface area contributed by atoms with Gasteiger partial charge in [0, 0.05) is 19.3 Å². The third-order valence-electron chi connectivity index (χ3n) is 3.63. The van der Waals surface area contributed by atoms with Crippen LogP contribution >= 0.6 is 0 Å². The normalized spacial score (nSPS) is 11.6. The summed E-state index contributed by atoms with van der Waals surface area (Å²) in [5.74, 6) is 0. The quantitative estimate of drug-likeness (QED) is 0.923. The maximum Gasteiger partial charge on any atom is 0.175 e. The van der Waals surface area contributed by atoms with Gasteiger partial charge in [-0.25, -0.2) is 8.42 Å². The standard InChI is InChI=1S/C17H21NO2S/c1-13-5-4-6-14(2)17(13)12-18-11-15-7-9-16(10-8-15)21(3,19)20/h4-10,18H,11-12H2,1-3H3. The molecule has 0 saturated carbocycles. The van der Waals surface area contributed by atoms with Gasteiger partial charge in [-0.1, -0.05) is 30.3 Å². The van der Waals surface area contributed by atoms with Gasteiger partial charge in [0.05, 0.1) is 4.90 Å². The molecule has 3 nitrogen and oxygen atoms in total. The highest BCUT2D eigenvalue weighted by atomic mass is 32.2. The highest BCUT2D eigenvalue weighted by Crippen LogP contribution is 2.14. The summed E-state index contributed by atoms with van der Waals surface area (Å²) >= 11 is 0. The monoisotopic (exact) mass is 303 g/mol. The Kier molecular flexibility index (Phi) is 4.80. The van der Waals surface area contributed by atoms with Crippen LogP contribution in [0.5, 0.6) is 0 Å². The van der Waals surface area contributed by atoms with Crippen LogP contribution in [0.4, 0.5) is 0 Å². The lowest BCUT2D eigenvalue weighted by Crippen LogP contribution is -2.14. The summed E-state index contributed by atoms with van der Waals surface area (Å²) in [7, 11) is -3.11. The van der Waals surface area contributed by atoms with E-state index in [0.717, 1.165) is 18.7 Å². The number of benzene rings is 2. The molecule has 0 amide bonds. The Hall–Kier alpha value is -1.65. The van der Waals surface area contributed by atoms with Crippen LogP contribution in [0.1, 0.15) is 22.3 Å². The van der Waals surface area contributed by atoms with E-state index in [1.165, 1.54) is 22.9 Å². The topological polar surface area (TPSA) is 46.2 Å². The number of aryl methyl sites for hydroxylation is 2. The van der Waals surface area contributed by atoms with Crippen molar-refractivity contribution in [3.63, 3.8) is 0 Å². The molecule has 0 unspecified atom stereocenters. The van der Waals surface area contributed by atoms with E-state index in [2.05, 4.69) is 37.4 Å². The maximum absolute atomic E-state index is 11.4. The molecule has 0 spiro atoms. The number of nitrogens with one attached hydrogen (secondary N) is 1. The zero-order valence-electron chi connectivity index (χ0n) is 12.7. The average molecular weight is 303 g/mol. The van der Waals surface area contributed by atoms with E-state index in [0.29, 0.717) is 4.90 Å². The summed E-state index contributed by atoms with van der Waals surface area (Å²) < 4.78 is 22.8. The summed E-state index contributed by atoms with van der Waals surface area (Å²) in [5, 5.41) is 3.41. The molecular weight excluding hydrogens is 282 g/mol. The van der Waals surface area contributed by atoms with Gasteiger partial charge in [0.1, 0.15) is 0 Å². The predicted molar refractivity (Wildman–Crippen MR) is 86.0 cm³/mol. The molecule has 0 radical (unpaired) electrons. The lowest BCUT2D eigenvalue weighted by molar-refractivity contribution is 0.601. The van der Waals surface area contributed by atoms with Crippen LogP contribution in [0, 0.1) is 13.8 Å². The Morgan fingerprint density at radius 1 is 0.905 bits per heavy atom. The Morgan fingerprint density at radius 3 is 2.00 bits per heavy atom. The molecule has 2 aromatic carbocycles. The second kappa shape index (κ2) is 6.41. The number of rotatable bonds is 5. The van der Waals surface area contributed by atoms with Gasteiger partial charge in [0.15, 0.2) is 9.84 Å². The minimum absolute atomic E-state index is 0.362. The highest BCUT2D eigenvalue weighted by molar-refractivity contribution is 7.90. The van der Waals surface area contributed by atoms with Gasteiger partial charge < -0.3 is 5.32 Å². The van der Waals surface area contributed by atoms with E-state index >= 15 is 0 Å². The van der Waals surface area contributed by atoms with Crippen molar-refractivity contribution in [3.05, 3.63) is 64.7 Å².